The number of carboxylic acids is 3. The fourth-order valence-electron chi connectivity index (χ4n) is 1.38. The largest absolute Gasteiger partial charge is 0.480 e. The van der Waals surface area contributed by atoms with Gasteiger partial charge in [0.1, 0.15) is 12.1 Å². The van der Waals surface area contributed by atoms with Crippen molar-refractivity contribution in [2.75, 3.05) is 6.54 Å². The minimum atomic E-state index is -1.11. The monoisotopic (exact) mass is 386 g/mol. The van der Waals surface area contributed by atoms with Gasteiger partial charge >= 0.3 is 17.9 Å². The zero-order chi connectivity index (χ0) is 21.4. The zero-order valence-corrected chi connectivity index (χ0v) is 14.7. The first-order chi connectivity index (χ1) is 12.5. The Bertz CT molecular complexity index is 596. The Hall–Kier alpha value is -3.02. The highest BCUT2D eigenvalue weighted by Crippen LogP contribution is 2.01. The first-order valence-corrected chi connectivity index (χ1v) is 7.72. The molecule has 0 saturated carbocycles. The van der Waals surface area contributed by atoms with Crippen LogP contribution in [0.1, 0.15) is 18.4 Å². The molecule has 11 N–H and O–H groups in total. The number of carboxylic acid groups (broad SMARTS) is 3. The highest BCUT2D eigenvalue weighted by molar-refractivity contribution is 5.77. The van der Waals surface area contributed by atoms with Gasteiger partial charge in [0.2, 0.25) is 5.91 Å². The maximum Gasteiger partial charge on any atom is 0.320 e. The van der Waals surface area contributed by atoms with Gasteiger partial charge in [-0.1, -0.05) is 30.3 Å². The fraction of sp³-hybridized carbons (Fsp3) is 0.375. The van der Waals surface area contributed by atoms with E-state index >= 15 is 0 Å². The van der Waals surface area contributed by atoms with E-state index < -0.39 is 35.9 Å². The van der Waals surface area contributed by atoms with Crippen LogP contribution in [0.4, 0.5) is 0 Å². The molecule has 0 aliphatic rings. The van der Waals surface area contributed by atoms with Crippen molar-refractivity contribution < 1.29 is 34.5 Å². The van der Waals surface area contributed by atoms with Crippen LogP contribution in [-0.2, 0) is 25.6 Å². The third kappa shape index (κ3) is 17.6. The van der Waals surface area contributed by atoms with E-state index in [2.05, 4.69) is 5.73 Å². The summed E-state index contributed by atoms with van der Waals surface area (Å²) in [5, 5.41) is 24.3. The van der Waals surface area contributed by atoms with Crippen molar-refractivity contribution in [2.24, 2.45) is 22.9 Å². The molecule has 0 heterocycles. The Labute approximate surface area is 155 Å². The summed E-state index contributed by atoms with van der Waals surface area (Å²) in [4.78, 5) is 39.8. The maximum atomic E-state index is 10.4. The van der Waals surface area contributed by atoms with Crippen molar-refractivity contribution in [3.63, 3.8) is 0 Å². The van der Waals surface area contributed by atoms with E-state index in [4.69, 9.17) is 32.5 Å². The normalized spacial score (nSPS) is 11.5. The van der Waals surface area contributed by atoms with Crippen molar-refractivity contribution in [1.82, 2.24) is 0 Å². The molecule has 11 nitrogen and oxygen atoms in total. The van der Waals surface area contributed by atoms with Crippen LogP contribution >= 0.6 is 0 Å². The molecular weight excluding hydrogens is 360 g/mol. The van der Waals surface area contributed by atoms with Gasteiger partial charge in [-0.3, -0.25) is 19.2 Å². The first kappa shape index (κ1) is 26.2. The molecular formula is C16H26N4O7. The average molecular weight is 386 g/mol. The lowest BCUT2D eigenvalue weighted by atomic mass is 10.1. The van der Waals surface area contributed by atoms with Crippen LogP contribution in [0.25, 0.3) is 0 Å². The van der Waals surface area contributed by atoms with Gasteiger partial charge in [0, 0.05) is 6.42 Å². The predicted molar refractivity (Wildman–Crippen MR) is 96.5 cm³/mol. The Kier molecular flexibility index (Phi) is 14.8. The fourth-order valence-corrected chi connectivity index (χ4v) is 1.38. The minimum absolute atomic E-state index is 0.0213. The number of benzene rings is 1. The molecule has 0 bridgehead atoms. The molecule has 0 aliphatic heterocycles. The Morgan fingerprint density at radius 1 is 0.889 bits per heavy atom. The summed E-state index contributed by atoms with van der Waals surface area (Å²) in [6.45, 7) is -0.278. The van der Waals surface area contributed by atoms with Gasteiger partial charge in [-0.05, 0) is 18.4 Å². The molecule has 0 aromatic heterocycles. The lowest BCUT2D eigenvalue weighted by Crippen LogP contribution is -2.32. The van der Waals surface area contributed by atoms with E-state index in [9.17, 15) is 19.2 Å². The quantitative estimate of drug-likeness (QED) is 0.268. The van der Waals surface area contributed by atoms with Gasteiger partial charge < -0.3 is 38.3 Å². The topological polar surface area (TPSA) is 233 Å². The van der Waals surface area contributed by atoms with Crippen molar-refractivity contribution in [3.8, 4) is 0 Å². The minimum Gasteiger partial charge on any atom is -0.480 e. The molecule has 11 heteroatoms. The van der Waals surface area contributed by atoms with Crippen LogP contribution < -0.4 is 22.9 Å². The predicted octanol–water partition coefficient (Wildman–Crippen LogP) is -1.67. The molecule has 0 saturated heterocycles. The van der Waals surface area contributed by atoms with Crippen LogP contribution in [0.3, 0.4) is 0 Å². The molecule has 1 amide bonds. The van der Waals surface area contributed by atoms with E-state index in [1.165, 1.54) is 0 Å². The standard InChI is InChI=1S/C9H11NO2.C5H10N2O3.C2H5NO2/c10-8(9(11)12)6-7-4-2-1-3-5-7;6-3(5(9)10)1-2-4(7)8;3-1-2(4)5/h1-5,8H,6,10H2,(H,11,12);3H,1-2,6H2,(H2,7,8)(H,9,10);1,3H2,(H,4,5)/t8-;3-;/m00./s1. The summed E-state index contributed by atoms with van der Waals surface area (Å²) in [7, 11) is 0. The Morgan fingerprint density at radius 3 is 1.67 bits per heavy atom. The number of carbonyl (C=O) groups is 4. The van der Waals surface area contributed by atoms with E-state index in [-0.39, 0.29) is 19.4 Å². The highest BCUT2D eigenvalue weighted by atomic mass is 16.4. The lowest BCUT2D eigenvalue weighted by molar-refractivity contribution is -0.139. The molecule has 0 radical (unpaired) electrons. The number of aliphatic carboxylic acids is 3. The number of hydrogen-bond donors (Lipinski definition) is 7. The Balaban J connectivity index is 0. The number of amides is 1. The molecule has 27 heavy (non-hydrogen) atoms. The summed E-state index contributed by atoms with van der Waals surface area (Å²) in [5.41, 5.74) is 20.7. The SMILES string of the molecule is NC(=O)CC[C@H](N)C(=O)O.NCC(=O)O.N[C@@H](Cc1ccccc1)C(=O)O. The number of rotatable bonds is 8. The van der Waals surface area contributed by atoms with Gasteiger partial charge in [-0.2, -0.15) is 0 Å². The molecule has 1 rings (SSSR count). The van der Waals surface area contributed by atoms with E-state index in [1.54, 1.807) is 0 Å². The van der Waals surface area contributed by atoms with Gasteiger partial charge in [0.15, 0.2) is 0 Å². The summed E-state index contributed by atoms with van der Waals surface area (Å²) in [5.74, 6) is -3.57. The number of carbonyl (C=O) groups excluding carboxylic acids is 1. The third-order valence-corrected chi connectivity index (χ3v) is 2.81. The highest BCUT2D eigenvalue weighted by Gasteiger charge is 2.11. The second-order valence-corrected chi connectivity index (χ2v) is 5.18. The van der Waals surface area contributed by atoms with E-state index in [1.807, 2.05) is 30.3 Å². The van der Waals surface area contributed by atoms with Crippen molar-refractivity contribution in [3.05, 3.63) is 35.9 Å². The first-order valence-electron chi connectivity index (χ1n) is 7.72. The summed E-state index contributed by atoms with van der Waals surface area (Å²) < 4.78 is 0. The summed E-state index contributed by atoms with van der Waals surface area (Å²) in [6, 6.07) is 7.56. The maximum absolute atomic E-state index is 10.4. The lowest BCUT2D eigenvalue weighted by Gasteiger charge is -2.04. The zero-order valence-electron chi connectivity index (χ0n) is 14.7. The number of primary amides is 1. The molecule has 1 aromatic carbocycles. The van der Waals surface area contributed by atoms with Crippen LogP contribution in [0.5, 0.6) is 0 Å². The van der Waals surface area contributed by atoms with E-state index in [0.717, 1.165) is 5.56 Å². The van der Waals surface area contributed by atoms with Gasteiger partial charge in [-0.25, -0.2) is 0 Å². The van der Waals surface area contributed by atoms with Gasteiger partial charge in [0.05, 0.1) is 6.54 Å². The van der Waals surface area contributed by atoms with Crippen molar-refractivity contribution in [1.29, 1.82) is 0 Å². The molecule has 0 unspecified atom stereocenters. The molecule has 1 aromatic rings. The van der Waals surface area contributed by atoms with Crippen LogP contribution in [0, 0.1) is 0 Å². The van der Waals surface area contributed by atoms with Crippen LogP contribution in [-0.4, -0.2) is 57.8 Å². The van der Waals surface area contributed by atoms with Gasteiger partial charge in [-0.15, -0.1) is 0 Å². The Morgan fingerprint density at radius 2 is 1.33 bits per heavy atom. The average Bonchev–Trinajstić information content (AvgIpc) is 2.61. The van der Waals surface area contributed by atoms with Crippen LogP contribution in [0.2, 0.25) is 0 Å². The van der Waals surface area contributed by atoms with E-state index in [0.29, 0.717) is 6.42 Å². The van der Waals surface area contributed by atoms with Crippen molar-refractivity contribution >= 4 is 23.8 Å². The number of nitrogens with two attached hydrogens (primary N) is 4. The molecule has 0 aliphatic carbocycles. The van der Waals surface area contributed by atoms with Crippen molar-refractivity contribution in [2.45, 2.75) is 31.3 Å². The van der Waals surface area contributed by atoms with Crippen LogP contribution in [0.15, 0.2) is 30.3 Å². The summed E-state index contributed by atoms with van der Waals surface area (Å²) >= 11 is 0. The molecule has 0 fully saturated rings. The second kappa shape index (κ2) is 15.3. The van der Waals surface area contributed by atoms with Gasteiger partial charge in [0.25, 0.3) is 0 Å². The molecule has 2 atom stereocenters. The molecule has 0 spiro atoms. The third-order valence-electron chi connectivity index (χ3n) is 2.81. The molecule has 152 valence electrons. The summed E-state index contributed by atoms with van der Waals surface area (Å²) in [6.07, 6.45) is 0.508. The smallest absolute Gasteiger partial charge is 0.320 e. The number of hydrogen-bond acceptors (Lipinski definition) is 7. The second-order valence-electron chi connectivity index (χ2n) is 5.18.